The standard InChI is InChI=1S/C15H23BrN2/c1-2-8-18-9-6-15(7-10-18)17-12-13-4-3-5-14(16)11-13/h3-5,11,15,17H,2,6-10,12H2,1H3/p+2. The summed E-state index contributed by atoms with van der Waals surface area (Å²) in [4.78, 5) is 1.81. The van der Waals surface area contributed by atoms with Crippen molar-refractivity contribution in [2.24, 2.45) is 0 Å². The molecule has 0 aliphatic carbocycles. The van der Waals surface area contributed by atoms with Gasteiger partial charge in [0.05, 0.1) is 25.7 Å². The van der Waals surface area contributed by atoms with Gasteiger partial charge in [-0.3, -0.25) is 0 Å². The summed E-state index contributed by atoms with van der Waals surface area (Å²) in [6, 6.07) is 9.51. The molecule has 2 rings (SSSR count). The Bertz CT molecular complexity index is 359. The lowest BCUT2D eigenvalue weighted by molar-refractivity contribution is -0.913. The molecular formula is C15H25BrN2+2. The lowest BCUT2D eigenvalue weighted by atomic mass is 10.0. The van der Waals surface area contributed by atoms with E-state index in [1.807, 2.05) is 4.90 Å². The van der Waals surface area contributed by atoms with E-state index in [1.165, 1.54) is 48.9 Å². The van der Waals surface area contributed by atoms with Crippen molar-refractivity contribution < 1.29 is 10.2 Å². The number of nitrogens with one attached hydrogen (secondary N) is 1. The van der Waals surface area contributed by atoms with E-state index in [9.17, 15) is 0 Å². The molecule has 1 saturated heterocycles. The zero-order valence-electron chi connectivity index (χ0n) is 11.3. The monoisotopic (exact) mass is 312 g/mol. The maximum Gasteiger partial charge on any atom is 0.101 e. The average Bonchev–Trinajstić information content (AvgIpc) is 2.38. The van der Waals surface area contributed by atoms with Crippen molar-refractivity contribution >= 4 is 15.9 Å². The Hall–Kier alpha value is -0.380. The highest BCUT2D eigenvalue weighted by Gasteiger charge is 2.23. The largest absolute Gasteiger partial charge is 0.340 e. The van der Waals surface area contributed by atoms with Crippen LogP contribution in [0.5, 0.6) is 0 Å². The first-order valence-electron chi connectivity index (χ1n) is 7.19. The third-order valence-corrected chi connectivity index (χ3v) is 4.41. The Morgan fingerprint density at radius 1 is 1.33 bits per heavy atom. The molecule has 0 amide bonds. The van der Waals surface area contributed by atoms with Crippen molar-refractivity contribution in [3.05, 3.63) is 34.3 Å². The smallest absolute Gasteiger partial charge is 0.101 e. The molecule has 1 aromatic carbocycles. The predicted molar refractivity (Wildman–Crippen MR) is 78.6 cm³/mol. The van der Waals surface area contributed by atoms with E-state index in [1.54, 1.807) is 0 Å². The fourth-order valence-electron chi connectivity index (χ4n) is 2.85. The zero-order chi connectivity index (χ0) is 12.8. The summed E-state index contributed by atoms with van der Waals surface area (Å²) in [5.74, 6) is 0. The summed E-state index contributed by atoms with van der Waals surface area (Å²) in [7, 11) is 0. The lowest BCUT2D eigenvalue weighted by Gasteiger charge is -2.27. The molecule has 0 radical (unpaired) electrons. The van der Waals surface area contributed by atoms with E-state index in [0.717, 1.165) is 12.6 Å². The van der Waals surface area contributed by atoms with E-state index in [2.05, 4.69) is 52.4 Å². The zero-order valence-corrected chi connectivity index (χ0v) is 12.9. The summed E-state index contributed by atoms with van der Waals surface area (Å²) in [5, 5.41) is 2.53. The van der Waals surface area contributed by atoms with Gasteiger partial charge in [0.25, 0.3) is 0 Å². The second-order valence-electron chi connectivity index (χ2n) is 5.41. The third-order valence-electron chi connectivity index (χ3n) is 3.92. The number of rotatable bonds is 5. The van der Waals surface area contributed by atoms with Gasteiger partial charge in [-0.1, -0.05) is 35.0 Å². The van der Waals surface area contributed by atoms with Gasteiger partial charge in [0.15, 0.2) is 0 Å². The topological polar surface area (TPSA) is 21.1 Å². The number of quaternary nitrogens is 2. The highest BCUT2D eigenvalue weighted by Crippen LogP contribution is 2.10. The molecule has 0 spiro atoms. The summed E-state index contributed by atoms with van der Waals surface area (Å²) in [6.45, 7) is 7.50. The van der Waals surface area contributed by atoms with Gasteiger partial charge in [-0.15, -0.1) is 0 Å². The van der Waals surface area contributed by atoms with E-state index < -0.39 is 0 Å². The highest BCUT2D eigenvalue weighted by atomic mass is 79.9. The predicted octanol–water partition coefficient (Wildman–Crippen LogP) is 0.970. The molecule has 0 atom stereocenters. The van der Waals surface area contributed by atoms with E-state index >= 15 is 0 Å². The lowest BCUT2D eigenvalue weighted by Crippen LogP contribution is -3.14. The van der Waals surface area contributed by atoms with Gasteiger partial charge in [-0.05, 0) is 18.6 Å². The minimum atomic E-state index is 0.838. The Kier molecular flexibility index (Phi) is 5.67. The van der Waals surface area contributed by atoms with Crippen molar-refractivity contribution in [2.75, 3.05) is 19.6 Å². The molecule has 3 heteroatoms. The first-order valence-corrected chi connectivity index (χ1v) is 7.98. The molecule has 3 N–H and O–H groups in total. The number of nitrogens with two attached hydrogens (primary N) is 1. The van der Waals surface area contributed by atoms with Crippen LogP contribution in [0.2, 0.25) is 0 Å². The second-order valence-corrected chi connectivity index (χ2v) is 6.32. The van der Waals surface area contributed by atoms with Crippen LogP contribution in [-0.2, 0) is 6.54 Å². The van der Waals surface area contributed by atoms with Gasteiger partial charge in [0, 0.05) is 22.9 Å². The van der Waals surface area contributed by atoms with Crippen LogP contribution < -0.4 is 10.2 Å². The molecule has 0 saturated carbocycles. The first-order chi connectivity index (χ1) is 8.78. The molecule has 2 nitrogen and oxygen atoms in total. The number of piperidine rings is 1. The van der Waals surface area contributed by atoms with Crippen LogP contribution in [-0.4, -0.2) is 25.7 Å². The Morgan fingerprint density at radius 3 is 2.78 bits per heavy atom. The molecular weight excluding hydrogens is 288 g/mol. The van der Waals surface area contributed by atoms with Crippen molar-refractivity contribution in [3.8, 4) is 0 Å². The minimum Gasteiger partial charge on any atom is -0.340 e. The fourth-order valence-corrected chi connectivity index (χ4v) is 3.30. The van der Waals surface area contributed by atoms with Gasteiger partial charge >= 0.3 is 0 Å². The van der Waals surface area contributed by atoms with E-state index in [0.29, 0.717) is 0 Å². The maximum absolute atomic E-state index is 3.54. The van der Waals surface area contributed by atoms with Gasteiger partial charge in [-0.25, -0.2) is 0 Å². The van der Waals surface area contributed by atoms with Gasteiger partial charge < -0.3 is 10.2 Å². The van der Waals surface area contributed by atoms with Crippen molar-refractivity contribution in [1.82, 2.24) is 0 Å². The quantitative estimate of drug-likeness (QED) is 0.808. The number of hydrogen-bond donors (Lipinski definition) is 2. The summed E-state index contributed by atoms with van der Waals surface area (Å²) < 4.78 is 1.19. The summed E-state index contributed by atoms with van der Waals surface area (Å²) in [6.07, 6.45) is 4.08. The molecule has 1 fully saturated rings. The third kappa shape index (κ3) is 4.38. The van der Waals surface area contributed by atoms with Crippen LogP contribution in [0.1, 0.15) is 31.7 Å². The highest BCUT2D eigenvalue weighted by molar-refractivity contribution is 9.10. The van der Waals surface area contributed by atoms with Crippen molar-refractivity contribution in [1.29, 1.82) is 0 Å². The van der Waals surface area contributed by atoms with Crippen molar-refractivity contribution in [3.63, 3.8) is 0 Å². The summed E-state index contributed by atoms with van der Waals surface area (Å²) >= 11 is 3.54. The second kappa shape index (κ2) is 7.27. The van der Waals surface area contributed by atoms with E-state index in [4.69, 9.17) is 0 Å². The summed E-state index contributed by atoms with van der Waals surface area (Å²) in [5.41, 5.74) is 1.42. The van der Waals surface area contributed by atoms with Gasteiger partial charge in [-0.2, -0.15) is 0 Å². The number of benzene rings is 1. The Labute approximate surface area is 119 Å². The molecule has 1 aliphatic rings. The van der Waals surface area contributed by atoms with Crippen molar-refractivity contribution in [2.45, 2.75) is 38.8 Å². The van der Waals surface area contributed by atoms with Crippen LogP contribution >= 0.6 is 15.9 Å². The molecule has 1 heterocycles. The van der Waals surface area contributed by atoms with Gasteiger partial charge in [0.1, 0.15) is 6.54 Å². The van der Waals surface area contributed by atoms with E-state index in [-0.39, 0.29) is 0 Å². The molecule has 1 aliphatic heterocycles. The number of hydrogen-bond acceptors (Lipinski definition) is 0. The number of likely N-dealkylation sites (tertiary alicyclic amines) is 1. The van der Waals surface area contributed by atoms with Crippen LogP contribution in [0.25, 0.3) is 0 Å². The average molecular weight is 313 g/mol. The molecule has 100 valence electrons. The number of halogens is 1. The molecule has 1 aromatic rings. The maximum atomic E-state index is 3.54. The Morgan fingerprint density at radius 2 is 2.11 bits per heavy atom. The molecule has 18 heavy (non-hydrogen) atoms. The van der Waals surface area contributed by atoms with Gasteiger partial charge in [0.2, 0.25) is 0 Å². The van der Waals surface area contributed by atoms with Crippen LogP contribution in [0.3, 0.4) is 0 Å². The Balaban J connectivity index is 1.72. The molecule has 0 unspecified atom stereocenters. The van der Waals surface area contributed by atoms with Crippen LogP contribution in [0.15, 0.2) is 28.7 Å². The fraction of sp³-hybridized carbons (Fsp3) is 0.600. The minimum absolute atomic E-state index is 0.838. The van der Waals surface area contributed by atoms with Crippen LogP contribution in [0.4, 0.5) is 0 Å². The SMILES string of the molecule is CCC[NH+]1CCC([NH2+]Cc2cccc(Br)c2)CC1. The first kappa shape index (κ1) is 14.0. The normalized spacial score (nSPS) is 24.1. The molecule has 0 aromatic heterocycles. The van der Waals surface area contributed by atoms with Crippen LogP contribution in [0, 0.1) is 0 Å². The molecule has 0 bridgehead atoms.